The lowest BCUT2D eigenvalue weighted by Crippen LogP contribution is -2.04. The molecule has 0 bridgehead atoms. The molecule has 0 aliphatic heterocycles. The number of carbonyl (C=O) groups is 1. The van der Waals surface area contributed by atoms with Gasteiger partial charge in [0.1, 0.15) is 5.75 Å². The molecule has 0 heterocycles. The zero-order valence-electron chi connectivity index (χ0n) is 11.5. The predicted molar refractivity (Wildman–Crippen MR) is 80.3 cm³/mol. The van der Waals surface area contributed by atoms with Gasteiger partial charge >= 0.3 is 5.97 Å². The highest BCUT2D eigenvalue weighted by molar-refractivity contribution is 7.98. The van der Waals surface area contributed by atoms with E-state index in [0.717, 1.165) is 16.2 Å². The first-order valence-corrected chi connectivity index (χ1v) is 7.16. The first-order chi connectivity index (χ1) is 9.74. The molecule has 2 rings (SSSR count). The number of benzene rings is 2. The minimum Gasteiger partial charge on any atom is -0.497 e. The molecule has 0 radical (unpaired) electrons. The molecule has 0 saturated carbocycles. The van der Waals surface area contributed by atoms with E-state index >= 15 is 0 Å². The fourth-order valence-corrected chi connectivity index (χ4v) is 2.76. The minimum atomic E-state index is -0.299. The number of hydrogen-bond acceptors (Lipinski definition) is 4. The molecule has 0 aliphatic carbocycles. The van der Waals surface area contributed by atoms with Crippen molar-refractivity contribution in [2.24, 2.45) is 0 Å². The molecule has 2 aromatic rings. The average Bonchev–Trinajstić information content (AvgIpc) is 2.52. The van der Waals surface area contributed by atoms with Crippen molar-refractivity contribution in [1.29, 1.82) is 0 Å². The zero-order valence-corrected chi connectivity index (χ0v) is 12.3. The van der Waals surface area contributed by atoms with Gasteiger partial charge in [-0.25, -0.2) is 4.79 Å². The highest BCUT2D eigenvalue weighted by Crippen LogP contribution is 2.27. The van der Waals surface area contributed by atoms with Gasteiger partial charge in [-0.1, -0.05) is 24.3 Å². The van der Waals surface area contributed by atoms with E-state index in [1.165, 1.54) is 7.11 Å². The first-order valence-electron chi connectivity index (χ1n) is 6.17. The number of ether oxygens (including phenoxy) is 2. The number of esters is 1. The van der Waals surface area contributed by atoms with Crippen molar-refractivity contribution in [2.75, 3.05) is 14.2 Å². The monoisotopic (exact) mass is 288 g/mol. The van der Waals surface area contributed by atoms with Crippen molar-refractivity contribution in [3.05, 3.63) is 59.7 Å². The second kappa shape index (κ2) is 7.01. The zero-order chi connectivity index (χ0) is 14.4. The van der Waals surface area contributed by atoms with Gasteiger partial charge in [-0.2, -0.15) is 0 Å². The quantitative estimate of drug-likeness (QED) is 0.619. The van der Waals surface area contributed by atoms with Gasteiger partial charge in [0.25, 0.3) is 0 Å². The third kappa shape index (κ3) is 3.54. The first kappa shape index (κ1) is 14.5. The van der Waals surface area contributed by atoms with Crippen LogP contribution < -0.4 is 4.74 Å². The fraction of sp³-hybridized carbons (Fsp3) is 0.188. The van der Waals surface area contributed by atoms with E-state index in [1.54, 1.807) is 24.9 Å². The Kier molecular flexibility index (Phi) is 5.07. The summed E-state index contributed by atoms with van der Waals surface area (Å²) in [5.74, 6) is 1.24. The molecule has 0 spiro atoms. The van der Waals surface area contributed by atoms with Gasteiger partial charge in [-0.15, -0.1) is 11.8 Å². The van der Waals surface area contributed by atoms with E-state index in [2.05, 4.69) is 0 Å². The van der Waals surface area contributed by atoms with Crippen LogP contribution in [0.3, 0.4) is 0 Å². The number of hydrogen-bond donors (Lipinski definition) is 0. The Bertz CT molecular complexity index is 596. The van der Waals surface area contributed by atoms with Crippen LogP contribution in [-0.4, -0.2) is 20.2 Å². The smallest absolute Gasteiger partial charge is 0.338 e. The lowest BCUT2D eigenvalue weighted by atomic mass is 10.1. The Morgan fingerprint density at radius 1 is 1.10 bits per heavy atom. The van der Waals surface area contributed by atoms with Gasteiger partial charge < -0.3 is 9.47 Å². The normalized spacial score (nSPS) is 10.1. The molecular formula is C16H16O3S. The summed E-state index contributed by atoms with van der Waals surface area (Å²) in [5, 5.41) is 0. The Morgan fingerprint density at radius 3 is 2.65 bits per heavy atom. The van der Waals surface area contributed by atoms with Crippen LogP contribution in [0.1, 0.15) is 15.9 Å². The average molecular weight is 288 g/mol. The molecule has 0 aromatic heterocycles. The van der Waals surface area contributed by atoms with Gasteiger partial charge in [-0.3, -0.25) is 0 Å². The molecule has 104 valence electrons. The molecule has 4 heteroatoms. The molecule has 0 aliphatic rings. The Balaban J connectivity index is 2.12. The molecular weight excluding hydrogens is 272 g/mol. The molecule has 20 heavy (non-hydrogen) atoms. The molecule has 0 unspecified atom stereocenters. The molecule has 3 nitrogen and oxygen atoms in total. The molecule has 0 N–H and O–H groups in total. The maximum absolute atomic E-state index is 11.7. The summed E-state index contributed by atoms with van der Waals surface area (Å²) in [7, 11) is 3.05. The van der Waals surface area contributed by atoms with Crippen molar-refractivity contribution >= 4 is 17.7 Å². The van der Waals surface area contributed by atoms with Crippen LogP contribution in [0.15, 0.2) is 53.4 Å². The Hall–Kier alpha value is -1.94. The van der Waals surface area contributed by atoms with E-state index < -0.39 is 0 Å². The summed E-state index contributed by atoms with van der Waals surface area (Å²) >= 11 is 1.66. The number of thioether (sulfide) groups is 1. The summed E-state index contributed by atoms with van der Waals surface area (Å²) in [6, 6.07) is 15.4. The summed E-state index contributed by atoms with van der Waals surface area (Å²) in [6.07, 6.45) is 0. The van der Waals surface area contributed by atoms with Crippen LogP contribution in [-0.2, 0) is 10.5 Å². The number of rotatable bonds is 5. The van der Waals surface area contributed by atoms with Crippen molar-refractivity contribution in [3.8, 4) is 5.75 Å². The van der Waals surface area contributed by atoms with Crippen LogP contribution in [0.2, 0.25) is 0 Å². The van der Waals surface area contributed by atoms with Crippen LogP contribution in [0, 0.1) is 0 Å². The Labute approximate surface area is 122 Å². The van der Waals surface area contributed by atoms with Gasteiger partial charge in [0, 0.05) is 10.6 Å². The van der Waals surface area contributed by atoms with E-state index in [4.69, 9.17) is 9.47 Å². The van der Waals surface area contributed by atoms with Crippen LogP contribution >= 0.6 is 11.8 Å². The van der Waals surface area contributed by atoms with Crippen molar-refractivity contribution in [1.82, 2.24) is 0 Å². The van der Waals surface area contributed by atoms with Gasteiger partial charge in [0.2, 0.25) is 0 Å². The second-order valence-corrected chi connectivity index (χ2v) is 5.17. The lowest BCUT2D eigenvalue weighted by Gasteiger charge is -2.08. The summed E-state index contributed by atoms with van der Waals surface area (Å²) in [6.45, 7) is 0. The predicted octanol–water partition coefficient (Wildman–Crippen LogP) is 3.77. The highest BCUT2D eigenvalue weighted by Gasteiger charge is 2.11. The standard InChI is InChI=1S/C16H16O3S/c1-18-13-7-5-8-14(10-13)20-11-12-6-3-4-9-15(12)16(17)19-2/h3-10H,11H2,1-2H3. The highest BCUT2D eigenvalue weighted by atomic mass is 32.2. The molecule has 0 amide bonds. The summed E-state index contributed by atoms with van der Waals surface area (Å²) in [5.41, 5.74) is 1.58. The van der Waals surface area contributed by atoms with Crippen LogP contribution in [0.25, 0.3) is 0 Å². The van der Waals surface area contributed by atoms with Crippen LogP contribution in [0.5, 0.6) is 5.75 Å². The molecule has 2 aromatic carbocycles. The maximum Gasteiger partial charge on any atom is 0.338 e. The SMILES string of the molecule is COC(=O)c1ccccc1CSc1cccc(OC)c1. The van der Waals surface area contributed by atoms with E-state index in [9.17, 15) is 4.79 Å². The van der Waals surface area contributed by atoms with Gasteiger partial charge in [-0.05, 0) is 29.8 Å². The van der Waals surface area contributed by atoms with E-state index in [1.807, 2.05) is 42.5 Å². The third-order valence-corrected chi connectivity index (χ3v) is 3.90. The van der Waals surface area contributed by atoms with Crippen LogP contribution in [0.4, 0.5) is 0 Å². The summed E-state index contributed by atoms with van der Waals surface area (Å²) < 4.78 is 10.00. The van der Waals surface area contributed by atoms with E-state index in [-0.39, 0.29) is 5.97 Å². The van der Waals surface area contributed by atoms with E-state index in [0.29, 0.717) is 11.3 Å². The number of methoxy groups -OCH3 is 2. The number of carbonyl (C=O) groups excluding carboxylic acids is 1. The molecule has 0 saturated heterocycles. The molecule has 0 atom stereocenters. The van der Waals surface area contributed by atoms with Crippen molar-refractivity contribution < 1.29 is 14.3 Å². The van der Waals surface area contributed by atoms with Gasteiger partial charge in [0.15, 0.2) is 0 Å². The largest absolute Gasteiger partial charge is 0.497 e. The van der Waals surface area contributed by atoms with Gasteiger partial charge in [0.05, 0.1) is 19.8 Å². The fourth-order valence-electron chi connectivity index (χ4n) is 1.81. The molecule has 0 fully saturated rings. The second-order valence-electron chi connectivity index (χ2n) is 4.12. The Morgan fingerprint density at radius 2 is 1.90 bits per heavy atom. The topological polar surface area (TPSA) is 35.5 Å². The minimum absolute atomic E-state index is 0.299. The summed E-state index contributed by atoms with van der Waals surface area (Å²) in [4.78, 5) is 12.8. The van der Waals surface area contributed by atoms with Crippen molar-refractivity contribution in [3.63, 3.8) is 0 Å². The van der Waals surface area contributed by atoms with Crippen molar-refractivity contribution in [2.45, 2.75) is 10.6 Å². The maximum atomic E-state index is 11.7. The third-order valence-electron chi connectivity index (χ3n) is 2.86. The lowest BCUT2D eigenvalue weighted by molar-refractivity contribution is 0.0600.